The normalized spacial score (nSPS) is 20.7. The van der Waals surface area contributed by atoms with E-state index in [1.165, 1.54) is 0 Å². The molecule has 0 saturated carbocycles. The molecule has 3 rings (SSSR count). The van der Waals surface area contributed by atoms with E-state index in [9.17, 15) is 4.79 Å². The second kappa shape index (κ2) is 4.53. The van der Waals surface area contributed by atoms with Crippen LogP contribution >= 0.6 is 0 Å². The van der Waals surface area contributed by atoms with Crippen LogP contribution in [0.25, 0.3) is 17.0 Å². The van der Waals surface area contributed by atoms with Gasteiger partial charge < -0.3 is 5.32 Å². The van der Waals surface area contributed by atoms with Crippen LogP contribution in [-0.2, 0) is 21.6 Å². The van der Waals surface area contributed by atoms with Crippen molar-refractivity contribution < 1.29 is 21.6 Å². The zero-order chi connectivity index (χ0) is 11.9. The Morgan fingerprint density at radius 3 is 2.94 bits per heavy atom. The third kappa shape index (κ3) is 1.92. The van der Waals surface area contributed by atoms with Crippen molar-refractivity contribution >= 4 is 29.0 Å². The molecule has 18 heavy (non-hydrogen) atoms. The van der Waals surface area contributed by atoms with E-state index in [-0.39, 0.29) is 16.8 Å². The fourth-order valence-electron chi connectivity index (χ4n) is 1.99. The Labute approximate surface area is 114 Å². The van der Waals surface area contributed by atoms with Crippen LogP contribution in [0.4, 0.5) is 5.69 Å². The smallest absolute Gasteiger partial charge is 0.164 e. The van der Waals surface area contributed by atoms with Gasteiger partial charge in [-0.25, -0.2) is 0 Å². The molecule has 5 heteroatoms. The molecule has 3 N–H and O–H groups in total. The van der Waals surface area contributed by atoms with Gasteiger partial charge in [-0.2, -0.15) is 0 Å². The minimum Gasteiger partial charge on any atom is -0.356 e. The van der Waals surface area contributed by atoms with Gasteiger partial charge in [-0.1, -0.05) is 24.3 Å². The second-order valence-electron chi connectivity index (χ2n) is 4.11. The van der Waals surface area contributed by atoms with Crippen molar-refractivity contribution in [2.24, 2.45) is 5.73 Å². The second-order valence-corrected chi connectivity index (χ2v) is 4.11. The van der Waals surface area contributed by atoms with Gasteiger partial charge in [-0.05, 0) is 17.7 Å². The van der Waals surface area contributed by atoms with Crippen molar-refractivity contribution in [1.82, 2.24) is 4.98 Å². The van der Waals surface area contributed by atoms with Crippen LogP contribution in [0.2, 0.25) is 0 Å². The van der Waals surface area contributed by atoms with Crippen molar-refractivity contribution in [1.29, 1.82) is 0 Å². The number of aldehydes is 1. The maximum absolute atomic E-state index is 11.0. The number of pyridine rings is 1. The van der Waals surface area contributed by atoms with Gasteiger partial charge in [-0.15, -0.1) is 0 Å². The molecule has 0 amide bonds. The van der Waals surface area contributed by atoms with E-state index in [2.05, 4.69) is 10.3 Å². The Bertz CT molecular complexity index is 641. The topological polar surface area (TPSA) is 68.0 Å². The summed E-state index contributed by atoms with van der Waals surface area (Å²) in [5.74, 6) is 0. The molecule has 2 heterocycles. The van der Waals surface area contributed by atoms with Gasteiger partial charge in [0.05, 0.1) is 11.2 Å². The summed E-state index contributed by atoms with van der Waals surface area (Å²) in [7, 11) is 0. The first-order valence-corrected chi connectivity index (χ1v) is 5.32. The monoisotopic (exact) mass is 284 g/mol. The molecule has 1 radical (unpaired) electrons. The number of hydrogen-bond donors (Lipinski definition) is 2. The summed E-state index contributed by atoms with van der Waals surface area (Å²) in [5.41, 5.74) is 7.35. The van der Waals surface area contributed by atoms with Crippen molar-refractivity contribution in [2.75, 3.05) is 5.32 Å². The van der Waals surface area contributed by atoms with Crippen LogP contribution in [0.15, 0.2) is 36.5 Å². The van der Waals surface area contributed by atoms with Gasteiger partial charge in [0.1, 0.15) is 0 Å². The van der Waals surface area contributed by atoms with Gasteiger partial charge in [0.2, 0.25) is 0 Å². The van der Waals surface area contributed by atoms with Gasteiger partial charge in [0, 0.05) is 28.4 Å². The van der Waals surface area contributed by atoms with Crippen LogP contribution < -0.4 is 11.1 Å². The molecule has 1 aromatic heterocycles. The summed E-state index contributed by atoms with van der Waals surface area (Å²) in [6.45, 7) is 0. The molecular formula is C13H11CoN3O. The zero-order valence-electron chi connectivity index (χ0n) is 9.38. The fraction of sp³-hybridized carbons (Fsp3) is 0.0769. The molecule has 0 saturated heterocycles. The summed E-state index contributed by atoms with van der Waals surface area (Å²) in [4.78, 5) is 15.3. The number of rotatable bonds is 1. The molecule has 1 aliphatic rings. The average Bonchev–Trinajstić information content (AvgIpc) is 2.39. The summed E-state index contributed by atoms with van der Waals surface area (Å²) in [5, 5.41) is 4.04. The van der Waals surface area contributed by atoms with Crippen LogP contribution in [0.3, 0.4) is 0 Å². The van der Waals surface area contributed by atoms with Crippen LogP contribution in [0, 0.1) is 0 Å². The van der Waals surface area contributed by atoms with E-state index in [0.29, 0.717) is 6.29 Å². The number of aromatic nitrogens is 1. The first-order valence-electron chi connectivity index (χ1n) is 5.32. The maximum Gasteiger partial charge on any atom is 0.164 e. The average molecular weight is 284 g/mol. The minimum atomic E-state index is -1.14. The van der Waals surface area contributed by atoms with Gasteiger partial charge >= 0.3 is 0 Å². The van der Waals surface area contributed by atoms with Gasteiger partial charge in [-0.3, -0.25) is 15.5 Å². The minimum absolute atomic E-state index is 0. The summed E-state index contributed by atoms with van der Waals surface area (Å²) >= 11 is 0. The third-order valence-electron chi connectivity index (χ3n) is 2.88. The van der Waals surface area contributed by atoms with E-state index in [1.54, 1.807) is 12.3 Å². The summed E-state index contributed by atoms with van der Waals surface area (Å²) in [6.07, 6.45) is 5.90. The quantitative estimate of drug-likeness (QED) is 0.779. The van der Waals surface area contributed by atoms with Crippen molar-refractivity contribution in [3.63, 3.8) is 0 Å². The SMILES string of the molecule is NC1(C=O)C=Cc2ccc3cccnc3c2N1.[Co]. The first kappa shape index (κ1) is 12.8. The van der Waals surface area contributed by atoms with Crippen LogP contribution in [0.1, 0.15) is 5.56 Å². The van der Waals surface area contributed by atoms with E-state index in [0.717, 1.165) is 22.2 Å². The van der Waals surface area contributed by atoms with E-state index in [1.807, 2.05) is 30.3 Å². The fourth-order valence-corrected chi connectivity index (χ4v) is 1.99. The van der Waals surface area contributed by atoms with E-state index in [4.69, 9.17) is 5.73 Å². The molecule has 4 nitrogen and oxygen atoms in total. The standard InChI is InChI=1S/C13H11N3O.Co/c14-13(8-17)6-5-10-4-3-9-2-1-7-15-11(9)12(10)16-13;/h1-8,16H,14H2;. The zero-order valence-corrected chi connectivity index (χ0v) is 10.4. The van der Waals surface area contributed by atoms with Crippen molar-refractivity contribution in [3.8, 4) is 0 Å². The molecule has 2 aromatic rings. The van der Waals surface area contributed by atoms with Crippen molar-refractivity contribution in [3.05, 3.63) is 42.1 Å². The Morgan fingerprint density at radius 2 is 2.17 bits per heavy atom. The number of fused-ring (bicyclic) bond motifs is 3. The molecule has 0 bridgehead atoms. The number of nitrogens with two attached hydrogens (primary N) is 1. The van der Waals surface area contributed by atoms with E-state index >= 15 is 0 Å². The first-order chi connectivity index (χ1) is 8.22. The van der Waals surface area contributed by atoms with Gasteiger partial charge in [0.25, 0.3) is 0 Å². The molecule has 0 fully saturated rings. The van der Waals surface area contributed by atoms with Crippen molar-refractivity contribution in [2.45, 2.75) is 5.66 Å². The number of benzene rings is 1. The summed E-state index contributed by atoms with van der Waals surface area (Å²) < 4.78 is 0. The molecule has 1 atom stereocenters. The Balaban J connectivity index is 0.00000120. The predicted molar refractivity (Wildman–Crippen MR) is 67.4 cm³/mol. The van der Waals surface area contributed by atoms with Crippen LogP contribution in [0.5, 0.6) is 0 Å². The number of nitrogens with one attached hydrogen (secondary N) is 1. The Kier molecular flexibility index (Phi) is 3.21. The van der Waals surface area contributed by atoms with Crippen LogP contribution in [-0.4, -0.2) is 16.9 Å². The molecular weight excluding hydrogens is 273 g/mol. The Hall–Kier alpha value is -1.69. The largest absolute Gasteiger partial charge is 0.356 e. The summed E-state index contributed by atoms with van der Waals surface area (Å²) in [6, 6.07) is 7.83. The molecule has 93 valence electrons. The van der Waals surface area contributed by atoms with E-state index < -0.39 is 5.66 Å². The number of carbonyl (C=O) groups is 1. The van der Waals surface area contributed by atoms with Gasteiger partial charge in [0.15, 0.2) is 11.9 Å². The molecule has 1 aromatic carbocycles. The molecule has 1 aliphatic heterocycles. The molecule has 0 spiro atoms. The molecule has 1 unspecified atom stereocenters. The predicted octanol–water partition coefficient (Wildman–Crippen LogP) is 1.52. The number of carbonyl (C=O) groups excluding carboxylic acids is 1. The number of hydrogen-bond acceptors (Lipinski definition) is 4. The third-order valence-corrected chi connectivity index (χ3v) is 2.88. The number of anilines is 1. The number of nitrogens with zero attached hydrogens (tertiary/aromatic N) is 1. The maximum atomic E-state index is 11.0. The Morgan fingerprint density at radius 1 is 1.33 bits per heavy atom. The molecule has 0 aliphatic carbocycles.